The Hall–Kier alpha value is -2.08. The molecule has 0 unspecified atom stereocenters. The highest BCUT2D eigenvalue weighted by atomic mass is 14.1. The van der Waals surface area contributed by atoms with Crippen LogP contribution in [0.5, 0.6) is 0 Å². The highest BCUT2D eigenvalue weighted by Crippen LogP contribution is 2.29. The zero-order valence-corrected chi connectivity index (χ0v) is 12.5. The number of hydrogen-bond acceptors (Lipinski definition) is 0. The Balaban J connectivity index is 2.57. The first kappa shape index (κ1) is 14.3. The highest BCUT2D eigenvalue weighted by molar-refractivity contribution is 5.77. The summed E-state index contributed by atoms with van der Waals surface area (Å²) in [6.45, 7) is 10.3. The van der Waals surface area contributed by atoms with E-state index in [0.29, 0.717) is 0 Å². The molecule has 0 fully saturated rings. The minimum absolute atomic E-state index is 0.916. The van der Waals surface area contributed by atoms with Gasteiger partial charge < -0.3 is 0 Å². The third kappa shape index (κ3) is 3.48. The molecule has 1 radical (unpaired) electrons. The van der Waals surface area contributed by atoms with Gasteiger partial charge in [0, 0.05) is 0 Å². The normalized spacial score (nSPS) is 10.2. The quantitative estimate of drug-likeness (QED) is 0.620. The Morgan fingerprint density at radius 2 is 1.75 bits per heavy atom. The maximum atomic E-state index is 4.04. The van der Waals surface area contributed by atoms with Crippen molar-refractivity contribution in [3.05, 3.63) is 77.4 Å². The van der Waals surface area contributed by atoms with Gasteiger partial charge >= 0.3 is 0 Å². The highest BCUT2D eigenvalue weighted by Gasteiger charge is 2.08. The predicted molar refractivity (Wildman–Crippen MR) is 88.6 cm³/mol. The van der Waals surface area contributed by atoms with Gasteiger partial charge in [0.2, 0.25) is 0 Å². The van der Waals surface area contributed by atoms with E-state index in [-0.39, 0.29) is 0 Å². The van der Waals surface area contributed by atoms with Crippen molar-refractivity contribution in [2.45, 2.75) is 27.2 Å². The lowest BCUT2D eigenvalue weighted by Crippen LogP contribution is -1.92. The van der Waals surface area contributed by atoms with Crippen LogP contribution in [0.1, 0.15) is 31.9 Å². The van der Waals surface area contributed by atoms with E-state index in [0.717, 1.165) is 12.0 Å². The van der Waals surface area contributed by atoms with E-state index < -0.39 is 0 Å². The average molecular weight is 261 g/mol. The molecule has 0 spiro atoms. The van der Waals surface area contributed by atoms with Gasteiger partial charge in [0.05, 0.1) is 0 Å². The maximum absolute atomic E-state index is 4.04. The monoisotopic (exact) mass is 261 g/mol. The van der Waals surface area contributed by atoms with E-state index in [2.05, 4.69) is 75.9 Å². The summed E-state index contributed by atoms with van der Waals surface area (Å²) in [4.78, 5) is 0. The zero-order valence-electron chi connectivity index (χ0n) is 12.5. The minimum atomic E-state index is 0.916. The molecule has 0 aliphatic carbocycles. The van der Waals surface area contributed by atoms with E-state index >= 15 is 0 Å². The van der Waals surface area contributed by atoms with Crippen LogP contribution in [0, 0.1) is 6.07 Å². The molecule has 2 aromatic rings. The second kappa shape index (κ2) is 6.38. The van der Waals surface area contributed by atoms with E-state index in [4.69, 9.17) is 0 Å². The van der Waals surface area contributed by atoms with Crippen LogP contribution in [0.15, 0.2) is 60.2 Å². The van der Waals surface area contributed by atoms with Crippen molar-refractivity contribution in [2.75, 3.05) is 0 Å². The van der Waals surface area contributed by atoms with Crippen LogP contribution in [0.3, 0.4) is 0 Å². The van der Waals surface area contributed by atoms with Crippen molar-refractivity contribution in [1.29, 1.82) is 0 Å². The van der Waals surface area contributed by atoms with Gasteiger partial charge in [0.25, 0.3) is 0 Å². The van der Waals surface area contributed by atoms with Gasteiger partial charge in [-0.25, -0.2) is 0 Å². The summed E-state index contributed by atoms with van der Waals surface area (Å²) in [6, 6.07) is 18.1. The summed E-state index contributed by atoms with van der Waals surface area (Å²) >= 11 is 0. The van der Waals surface area contributed by atoms with Crippen molar-refractivity contribution >= 4 is 6.08 Å². The van der Waals surface area contributed by atoms with Crippen molar-refractivity contribution in [1.82, 2.24) is 0 Å². The van der Waals surface area contributed by atoms with Gasteiger partial charge in [-0.05, 0) is 55.5 Å². The number of benzene rings is 2. The Kier molecular flexibility index (Phi) is 4.57. The first-order chi connectivity index (χ1) is 9.58. The third-order valence-corrected chi connectivity index (χ3v) is 3.12. The molecule has 0 aliphatic rings. The molecular weight excluding hydrogens is 240 g/mol. The molecule has 0 aliphatic heterocycles. The first-order valence-electron chi connectivity index (χ1n) is 6.96. The van der Waals surface area contributed by atoms with Crippen molar-refractivity contribution in [3.8, 4) is 11.1 Å². The lowest BCUT2D eigenvalue weighted by Gasteiger charge is -2.12. The van der Waals surface area contributed by atoms with Gasteiger partial charge in [-0.15, -0.1) is 0 Å². The lowest BCUT2D eigenvalue weighted by molar-refractivity contribution is 1.16. The fraction of sp³-hybridized carbons (Fsp3) is 0.200. The molecule has 0 nitrogen and oxygen atoms in total. The molecular formula is C20H21. The molecule has 0 amide bonds. The fourth-order valence-electron chi connectivity index (χ4n) is 2.36. The molecule has 2 rings (SSSR count). The topological polar surface area (TPSA) is 0 Å². The van der Waals surface area contributed by atoms with Crippen molar-refractivity contribution in [3.63, 3.8) is 0 Å². The fourth-order valence-corrected chi connectivity index (χ4v) is 2.36. The largest absolute Gasteiger partial charge is 0.0998 e. The van der Waals surface area contributed by atoms with Crippen molar-refractivity contribution < 1.29 is 0 Å². The molecule has 2 aromatic carbocycles. The van der Waals surface area contributed by atoms with Crippen molar-refractivity contribution in [2.24, 2.45) is 0 Å². The molecule has 0 bridgehead atoms. The summed E-state index contributed by atoms with van der Waals surface area (Å²) in [5, 5.41) is 0. The SMILES string of the molecule is C=C(C)Cc1ccccc1-c1ccc[c]c1C=C(C)C. The predicted octanol–water partition coefficient (Wildman–Crippen LogP) is 5.70. The van der Waals surface area contributed by atoms with Gasteiger partial charge in [0.1, 0.15) is 0 Å². The van der Waals surface area contributed by atoms with Crippen LogP contribution in [-0.4, -0.2) is 0 Å². The van der Waals surface area contributed by atoms with Crippen LogP contribution >= 0.6 is 0 Å². The van der Waals surface area contributed by atoms with Crippen LogP contribution < -0.4 is 0 Å². The number of hydrogen-bond donors (Lipinski definition) is 0. The van der Waals surface area contributed by atoms with Gasteiger partial charge in [-0.1, -0.05) is 66.3 Å². The molecule has 0 heteroatoms. The van der Waals surface area contributed by atoms with Crippen LogP contribution in [0.4, 0.5) is 0 Å². The maximum Gasteiger partial charge on any atom is -0.00664 e. The molecule has 0 N–H and O–H groups in total. The zero-order chi connectivity index (χ0) is 14.5. The van der Waals surface area contributed by atoms with Crippen LogP contribution in [0.2, 0.25) is 0 Å². The second-order valence-corrected chi connectivity index (χ2v) is 5.51. The van der Waals surface area contributed by atoms with E-state index in [1.165, 1.54) is 27.8 Å². The summed E-state index contributed by atoms with van der Waals surface area (Å²) < 4.78 is 0. The molecule has 0 heterocycles. The smallest absolute Gasteiger partial charge is 0.00664 e. The first-order valence-corrected chi connectivity index (χ1v) is 6.96. The van der Waals surface area contributed by atoms with Gasteiger partial charge in [-0.3, -0.25) is 0 Å². The summed E-state index contributed by atoms with van der Waals surface area (Å²) in [7, 11) is 0. The van der Waals surface area contributed by atoms with E-state index in [9.17, 15) is 0 Å². The Morgan fingerprint density at radius 1 is 1.05 bits per heavy atom. The van der Waals surface area contributed by atoms with Crippen LogP contribution in [-0.2, 0) is 6.42 Å². The standard InChI is InChI=1S/C20H21/c1-15(2)13-17-9-5-7-11-19(17)20-12-8-6-10-18(20)14-16(3)4/h5-9,11-12,14H,1,13H2,2-4H3. The Labute approximate surface area is 122 Å². The summed E-state index contributed by atoms with van der Waals surface area (Å²) in [6.07, 6.45) is 3.10. The molecule has 0 aromatic heterocycles. The Bertz CT molecular complexity index is 641. The van der Waals surface area contributed by atoms with E-state index in [1.54, 1.807) is 0 Å². The summed E-state index contributed by atoms with van der Waals surface area (Å²) in [5.74, 6) is 0. The Morgan fingerprint density at radius 3 is 2.45 bits per heavy atom. The van der Waals surface area contributed by atoms with Gasteiger partial charge in [-0.2, -0.15) is 0 Å². The number of rotatable bonds is 4. The van der Waals surface area contributed by atoms with Crippen LogP contribution in [0.25, 0.3) is 17.2 Å². The second-order valence-electron chi connectivity index (χ2n) is 5.51. The number of allylic oxidation sites excluding steroid dienone is 2. The van der Waals surface area contributed by atoms with Gasteiger partial charge in [0.15, 0.2) is 0 Å². The molecule has 20 heavy (non-hydrogen) atoms. The average Bonchev–Trinajstić information content (AvgIpc) is 2.39. The minimum Gasteiger partial charge on any atom is -0.0998 e. The molecule has 0 saturated carbocycles. The summed E-state index contributed by atoms with van der Waals surface area (Å²) in [5.41, 5.74) is 7.46. The molecule has 0 atom stereocenters. The molecule has 0 saturated heterocycles. The molecule has 101 valence electrons. The third-order valence-electron chi connectivity index (χ3n) is 3.12. The van der Waals surface area contributed by atoms with E-state index in [1.807, 2.05) is 6.07 Å². The lowest BCUT2D eigenvalue weighted by atomic mass is 9.92.